The van der Waals surface area contributed by atoms with Crippen LogP contribution in [-0.2, 0) is 6.18 Å². The van der Waals surface area contributed by atoms with Crippen LogP contribution in [-0.4, -0.2) is 26.0 Å². The number of nitrogens with one attached hydrogen (secondary N) is 1. The summed E-state index contributed by atoms with van der Waals surface area (Å²) in [4.78, 5) is 12.2. The van der Waals surface area contributed by atoms with Gasteiger partial charge in [0.25, 0.3) is 5.56 Å². The summed E-state index contributed by atoms with van der Waals surface area (Å²) in [7, 11) is 0. The van der Waals surface area contributed by atoms with Gasteiger partial charge in [0.1, 0.15) is 5.82 Å². The van der Waals surface area contributed by atoms with Gasteiger partial charge in [0, 0.05) is 18.0 Å². The predicted molar refractivity (Wildman–Crippen MR) is 92.4 cm³/mol. The molecule has 144 valence electrons. The van der Waals surface area contributed by atoms with Gasteiger partial charge in [-0.1, -0.05) is 0 Å². The van der Waals surface area contributed by atoms with Gasteiger partial charge >= 0.3 is 6.18 Å². The molecule has 6 nitrogen and oxygen atoms in total. The summed E-state index contributed by atoms with van der Waals surface area (Å²) in [6.45, 7) is 0. The van der Waals surface area contributed by atoms with E-state index in [4.69, 9.17) is 0 Å². The van der Waals surface area contributed by atoms with Gasteiger partial charge in [-0.2, -0.15) is 18.3 Å². The molecule has 0 radical (unpaired) electrons. The first-order chi connectivity index (χ1) is 12.9. The molecule has 2 aliphatic carbocycles. The number of hydrogen-bond donors (Lipinski definition) is 1. The van der Waals surface area contributed by atoms with Crippen LogP contribution >= 0.6 is 0 Å². The summed E-state index contributed by atoms with van der Waals surface area (Å²) >= 11 is 0. The molecule has 2 aromatic rings. The van der Waals surface area contributed by atoms with Crippen molar-refractivity contribution in [3.63, 3.8) is 0 Å². The van der Waals surface area contributed by atoms with Gasteiger partial charge in [0.15, 0.2) is 5.69 Å². The van der Waals surface area contributed by atoms with Crippen molar-refractivity contribution in [2.45, 2.75) is 62.7 Å². The number of nitrogens with zero attached hydrogens (tertiary/aromatic N) is 4. The van der Waals surface area contributed by atoms with E-state index in [1.54, 1.807) is 10.7 Å². The van der Waals surface area contributed by atoms with Crippen LogP contribution in [0.4, 0.5) is 19.0 Å². The Morgan fingerprint density at radius 3 is 2.30 bits per heavy atom. The summed E-state index contributed by atoms with van der Waals surface area (Å²) in [5.41, 5.74) is -0.0861. The second-order valence-electron chi connectivity index (χ2n) is 7.27. The highest BCUT2D eigenvalue weighted by Gasteiger charge is 2.33. The van der Waals surface area contributed by atoms with Crippen molar-refractivity contribution in [1.29, 1.82) is 0 Å². The van der Waals surface area contributed by atoms with Gasteiger partial charge in [0.05, 0.1) is 11.7 Å². The topological polar surface area (TPSA) is 72.7 Å². The molecule has 0 aliphatic heterocycles. The number of aromatic nitrogens is 4. The summed E-state index contributed by atoms with van der Waals surface area (Å²) < 4.78 is 39.2. The van der Waals surface area contributed by atoms with Crippen molar-refractivity contribution in [3.8, 4) is 0 Å². The van der Waals surface area contributed by atoms with E-state index in [0.29, 0.717) is 11.7 Å². The Balaban J connectivity index is 1.36. The first-order valence-electron chi connectivity index (χ1n) is 9.17. The van der Waals surface area contributed by atoms with E-state index in [1.807, 2.05) is 6.07 Å². The predicted octanol–water partition coefficient (Wildman–Crippen LogP) is 3.53. The highest BCUT2D eigenvalue weighted by Crippen LogP contribution is 2.39. The van der Waals surface area contributed by atoms with Crippen LogP contribution in [0.2, 0.25) is 0 Å². The van der Waals surface area contributed by atoms with Crippen LogP contribution in [0.15, 0.2) is 29.1 Å². The normalized spacial score (nSPS) is 23.2. The van der Waals surface area contributed by atoms with E-state index in [2.05, 4.69) is 20.6 Å². The minimum absolute atomic E-state index is 0.0629. The zero-order valence-corrected chi connectivity index (χ0v) is 14.6. The Morgan fingerprint density at radius 1 is 0.963 bits per heavy atom. The molecule has 1 N–H and O–H groups in total. The van der Waals surface area contributed by atoms with Crippen LogP contribution in [0.25, 0.3) is 0 Å². The van der Waals surface area contributed by atoms with E-state index in [9.17, 15) is 18.0 Å². The first kappa shape index (κ1) is 17.9. The lowest BCUT2D eigenvalue weighted by atomic mass is 9.91. The second-order valence-corrected chi connectivity index (χ2v) is 7.27. The largest absolute Gasteiger partial charge is 0.435 e. The molecule has 0 atom stereocenters. The summed E-state index contributed by atoms with van der Waals surface area (Å²) in [6, 6.07) is 5.80. The van der Waals surface area contributed by atoms with E-state index in [1.165, 1.54) is 6.07 Å². The van der Waals surface area contributed by atoms with Crippen molar-refractivity contribution < 1.29 is 13.2 Å². The molecule has 2 aromatic heterocycles. The Hall–Kier alpha value is -2.45. The van der Waals surface area contributed by atoms with Gasteiger partial charge < -0.3 is 5.32 Å². The van der Waals surface area contributed by atoms with Crippen molar-refractivity contribution >= 4 is 5.82 Å². The maximum atomic E-state index is 12.5. The van der Waals surface area contributed by atoms with Crippen LogP contribution < -0.4 is 10.9 Å². The van der Waals surface area contributed by atoms with Gasteiger partial charge in [0.2, 0.25) is 0 Å². The number of alkyl halides is 3. The third kappa shape index (κ3) is 4.12. The molecule has 0 amide bonds. The number of anilines is 1. The molecule has 27 heavy (non-hydrogen) atoms. The lowest BCUT2D eigenvalue weighted by molar-refractivity contribution is -0.141. The van der Waals surface area contributed by atoms with Crippen LogP contribution in [0.1, 0.15) is 61.9 Å². The smallest absolute Gasteiger partial charge is 0.366 e. The van der Waals surface area contributed by atoms with Crippen molar-refractivity contribution in [3.05, 3.63) is 46.0 Å². The van der Waals surface area contributed by atoms with Crippen LogP contribution in [0, 0.1) is 0 Å². The molecule has 2 saturated carbocycles. The van der Waals surface area contributed by atoms with Crippen molar-refractivity contribution in [1.82, 2.24) is 20.0 Å². The fourth-order valence-corrected chi connectivity index (χ4v) is 3.53. The van der Waals surface area contributed by atoms with E-state index in [-0.39, 0.29) is 17.6 Å². The number of rotatable bonds is 4. The average molecular weight is 379 g/mol. The SMILES string of the molecule is O=c1ccc(C2CC2)nn1C1CCC(Nc2ccc(C(F)(F)F)nn2)CC1. The second kappa shape index (κ2) is 6.94. The molecule has 0 spiro atoms. The number of halogens is 3. The Bertz CT molecular complexity index is 853. The summed E-state index contributed by atoms with van der Waals surface area (Å²) in [6.07, 6.45) is 0.925. The highest BCUT2D eigenvalue weighted by atomic mass is 19.4. The van der Waals surface area contributed by atoms with Gasteiger partial charge in [-0.3, -0.25) is 4.79 Å². The molecule has 9 heteroatoms. The molecule has 0 aromatic carbocycles. The lowest BCUT2D eigenvalue weighted by Crippen LogP contribution is -2.33. The first-order valence-corrected chi connectivity index (χ1v) is 9.17. The molecular formula is C18H20F3N5O. The minimum atomic E-state index is -4.49. The van der Waals surface area contributed by atoms with Gasteiger partial charge in [-0.05, 0) is 56.7 Å². The molecule has 0 bridgehead atoms. The molecular weight excluding hydrogens is 359 g/mol. The Morgan fingerprint density at radius 2 is 1.70 bits per heavy atom. The van der Waals surface area contributed by atoms with Crippen LogP contribution in [0.3, 0.4) is 0 Å². The standard InChI is InChI=1S/C18H20F3N5O/c19-18(20,21)15-8-9-16(24-23-15)22-12-3-5-13(6-4-12)26-17(27)10-7-14(25-26)11-1-2-11/h7-13H,1-6H2,(H,22,24). The zero-order chi connectivity index (χ0) is 19.0. The maximum absolute atomic E-state index is 12.5. The third-order valence-corrected chi connectivity index (χ3v) is 5.19. The fourth-order valence-electron chi connectivity index (χ4n) is 3.53. The van der Waals surface area contributed by atoms with Crippen molar-refractivity contribution in [2.24, 2.45) is 0 Å². The van der Waals surface area contributed by atoms with Gasteiger partial charge in [-0.25, -0.2) is 4.68 Å². The Kier molecular flexibility index (Phi) is 4.61. The molecule has 0 unspecified atom stereocenters. The summed E-state index contributed by atoms with van der Waals surface area (Å²) in [5, 5.41) is 14.5. The van der Waals surface area contributed by atoms with E-state index in [0.717, 1.165) is 50.3 Å². The quantitative estimate of drug-likeness (QED) is 0.880. The maximum Gasteiger partial charge on any atom is 0.435 e. The highest BCUT2D eigenvalue weighted by molar-refractivity contribution is 5.34. The summed E-state index contributed by atoms with van der Waals surface area (Å²) in [5.74, 6) is 0.825. The zero-order valence-electron chi connectivity index (χ0n) is 14.6. The molecule has 0 saturated heterocycles. The third-order valence-electron chi connectivity index (χ3n) is 5.19. The van der Waals surface area contributed by atoms with Crippen LogP contribution in [0.5, 0.6) is 0 Å². The molecule has 2 heterocycles. The Labute approximate surface area is 153 Å². The minimum Gasteiger partial charge on any atom is -0.366 e. The number of hydrogen-bond acceptors (Lipinski definition) is 5. The van der Waals surface area contributed by atoms with E-state index >= 15 is 0 Å². The lowest BCUT2D eigenvalue weighted by Gasteiger charge is -2.29. The average Bonchev–Trinajstić information content (AvgIpc) is 3.48. The molecule has 4 rings (SSSR count). The van der Waals surface area contributed by atoms with Gasteiger partial charge in [-0.15, -0.1) is 10.2 Å². The van der Waals surface area contributed by atoms with E-state index < -0.39 is 11.9 Å². The monoisotopic (exact) mass is 379 g/mol. The molecule has 2 aliphatic rings. The fraction of sp³-hybridized carbons (Fsp3) is 0.556. The molecule has 2 fully saturated rings. The van der Waals surface area contributed by atoms with Crippen molar-refractivity contribution in [2.75, 3.05) is 5.32 Å².